The molecule has 4 rings (SSSR count). The molecule has 2 aliphatic rings. The van der Waals surface area contributed by atoms with Crippen molar-refractivity contribution in [2.45, 2.75) is 20.3 Å². The van der Waals surface area contributed by atoms with Crippen molar-refractivity contribution in [3.63, 3.8) is 0 Å². The van der Waals surface area contributed by atoms with Crippen LogP contribution in [0.4, 0.5) is 0 Å². The maximum atomic E-state index is 13.0. The van der Waals surface area contributed by atoms with Gasteiger partial charge in [0.1, 0.15) is 34.3 Å². The van der Waals surface area contributed by atoms with E-state index in [-0.39, 0.29) is 47.6 Å². The molecule has 0 aromatic heterocycles. The first kappa shape index (κ1) is 15.6. The number of fused-ring (bicyclic) bond motifs is 3. The van der Waals surface area contributed by atoms with E-state index in [0.717, 1.165) is 11.3 Å². The molecule has 25 heavy (non-hydrogen) atoms. The minimum absolute atomic E-state index is 0.0454. The van der Waals surface area contributed by atoms with Crippen molar-refractivity contribution in [2.24, 2.45) is 5.92 Å². The van der Waals surface area contributed by atoms with Gasteiger partial charge in [-0.3, -0.25) is 4.79 Å². The van der Waals surface area contributed by atoms with E-state index in [9.17, 15) is 15.0 Å². The fraction of sp³-hybridized carbons (Fsp3) is 0.316. The second-order valence-electron chi connectivity index (χ2n) is 6.40. The Morgan fingerprint density at radius 1 is 1.08 bits per heavy atom. The number of Topliss-reactive ketones (excluding diaryl/α,β-unsaturated/α-hetero) is 1. The molecule has 2 bridgehead atoms. The summed E-state index contributed by atoms with van der Waals surface area (Å²) >= 11 is 0. The first-order valence-corrected chi connectivity index (χ1v) is 8.08. The molecule has 6 nitrogen and oxygen atoms in total. The van der Waals surface area contributed by atoms with E-state index in [1.807, 2.05) is 12.1 Å². The average Bonchev–Trinajstić information content (AvgIpc) is 2.62. The number of benzene rings is 2. The molecular formula is C19H18O6. The number of ketones is 1. The third-order valence-electron chi connectivity index (χ3n) is 4.86. The monoisotopic (exact) mass is 342 g/mol. The van der Waals surface area contributed by atoms with Gasteiger partial charge in [0.05, 0.1) is 12.5 Å². The Balaban J connectivity index is 1.69. The van der Waals surface area contributed by atoms with E-state index in [1.54, 1.807) is 19.9 Å². The number of hydrogen-bond donors (Lipinski definition) is 2. The van der Waals surface area contributed by atoms with Gasteiger partial charge >= 0.3 is 0 Å². The van der Waals surface area contributed by atoms with Crippen molar-refractivity contribution in [1.29, 1.82) is 0 Å². The number of carbonyl (C=O) groups is 1. The zero-order chi connectivity index (χ0) is 17.7. The number of phenolic OH excluding ortho intramolecular Hbond substituents is 2. The van der Waals surface area contributed by atoms with Crippen LogP contribution in [0.15, 0.2) is 18.2 Å². The molecule has 6 heteroatoms. The van der Waals surface area contributed by atoms with E-state index in [1.165, 1.54) is 0 Å². The zero-order valence-corrected chi connectivity index (χ0v) is 14.0. The average molecular weight is 342 g/mol. The second-order valence-corrected chi connectivity index (χ2v) is 6.40. The Morgan fingerprint density at radius 3 is 2.68 bits per heavy atom. The lowest BCUT2D eigenvalue weighted by Gasteiger charge is -2.28. The van der Waals surface area contributed by atoms with Crippen LogP contribution < -0.4 is 14.2 Å². The summed E-state index contributed by atoms with van der Waals surface area (Å²) in [6, 6.07) is 5.51. The van der Waals surface area contributed by atoms with Gasteiger partial charge < -0.3 is 24.4 Å². The molecule has 1 unspecified atom stereocenters. The molecule has 0 spiro atoms. The number of phenols is 2. The summed E-state index contributed by atoms with van der Waals surface area (Å²) in [4.78, 5) is 13.0. The molecule has 0 saturated carbocycles. The van der Waals surface area contributed by atoms with Gasteiger partial charge in [0.15, 0.2) is 5.78 Å². The SMILES string of the molecule is Cc1c(O)c(C)c2c(c1O)C(=O)C(Cc1ccc3cc1OCO3)CO2. The number of carbonyl (C=O) groups excluding carboxylic acids is 1. The molecule has 2 aromatic rings. The molecule has 0 saturated heterocycles. The Bertz CT molecular complexity index is 886. The van der Waals surface area contributed by atoms with Crippen molar-refractivity contribution >= 4 is 5.78 Å². The van der Waals surface area contributed by atoms with Crippen LogP contribution in [0.5, 0.6) is 28.7 Å². The van der Waals surface area contributed by atoms with Crippen LogP contribution in [0.1, 0.15) is 27.0 Å². The summed E-state index contributed by atoms with van der Waals surface area (Å²) < 4.78 is 16.5. The smallest absolute Gasteiger partial charge is 0.230 e. The minimum Gasteiger partial charge on any atom is -0.507 e. The number of ether oxygens (including phenoxy) is 3. The Kier molecular flexibility index (Phi) is 3.49. The molecule has 2 aliphatic heterocycles. The number of rotatable bonds is 2. The molecule has 2 aromatic carbocycles. The van der Waals surface area contributed by atoms with Gasteiger partial charge in [-0.25, -0.2) is 0 Å². The van der Waals surface area contributed by atoms with E-state index < -0.39 is 5.92 Å². The summed E-state index contributed by atoms with van der Waals surface area (Å²) in [5.74, 6) is 0.822. The topological polar surface area (TPSA) is 85.2 Å². The molecule has 0 radical (unpaired) electrons. The van der Waals surface area contributed by atoms with Crippen molar-refractivity contribution in [3.8, 4) is 28.7 Å². The maximum absolute atomic E-state index is 13.0. The van der Waals surface area contributed by atoms with Crippen LogP contribution >= 0.6 is 0 Å². The quantitative estimate of drug-likeness (QED) is 0.873. The van der Waals surface area contributed by atoms with Crippen molar-refractivity contribution < 1.29 is 29.2 Å². The van der Waals surface area contributed by atoms with Crippen LogP contribution in [-0.2, 0) is 6.42 Å². The molecule has 2 heterocycles. The summed E-state index contributed by atoms with van der Waals surface area (Å²) in [6.07, 6.45) is 0.437. The van der Waals surface area contributed by atoms with Gasteiger partial charge in [-0.05, 0) is 31.9 Å². The van der Waals surface area contributed by atoms with E-state index in [0.29, 0.717) is 17.7 Å². The van der Waals surface area contributed by atoms with Crippen molar-refractivity contribution in [3.05, 3.63) is 40.5 Å². The third kappa shape index (κ3) is 2.36. The van der Waals surface area contributed by atoms with E-state index in [2.05, 4.69) is 0 Å². The predicted octanol–water partition coefficient (Wildman–Crippen LogP) is 2.88. The molecule has 2 N–H and O–H groups in total. The molecule has 0 amide bonds. The van der Waals surface area contributed by atoms with E-state index >= 15 is 0 Å². The summed E-state index contributed by atoms with van der Waals surface area (Å²) in [7, 11) is 0. The number of hydrogen-bond acceptors (Lipinski definition) is 6. The lowest BCUT2D eigenvalue weighted by atomic mass is 9.86. The number of aromatic hydroxyl groups is 2. The Morgan fingerprint density at radius 2 is 1.88 bits per heavy atom. The molecule has 0 aliphatic carbocycles. The van der Waals surface area contributed by atoms with Crippen LogP contribution in [0.2, 0.25) is 0 Å². The first-order chi connectivity index (χ1) is 12.0. The highest BCUT2D eigenvalue weighted by atomic mass is 16.7. The molecule has 0 fully saturated rings. The van der Waals surface area contributed by atoms with Crippen molar-refractivity contribution in [2.75, 3.05) is 13.4 Å². The Hall–Kier alpha value is -2.89. The lowest BCUT2D eigenvalue weighted by molar-refractivity contribution is 0.0818. The normalized spacial score (nSPS) is 18.0. The Labute approximate surface area is 144 Å². The van der Waals surface area contributed by atoms with Gasteiger partial charge in [0, 0.05) is 17.2 Å². The molecule has 1 atom stereocenters. The van der Waals surface area contributed by atoms with Crippen molar-refractivity contribution in [1.82, 2.24) is 0 Å². The standard InChI is InChI=1S/C19H18O6/c1-9-16(20)10(2)19-15(17(9)21)18(22)12(7-23-19)5-11-3-4-13-6-14(11)25-8-24-13/h3-4,6,12,20-21H,5,7-8H2,1-2H3. The largest absolute Gasteiger partial charge is 0.507 e. The summed E-state index contributed by atoms with van der Waals surface area (Å²) in [5.41, 5.74) is 1.80. The predicted molar refractivity (Wildman–Crippen MR) is 88.8 cm³/mol. The summed E-state index contributed by atoms with van der Waals surface area (Å²) in [5, 5.41) is 20.4. The zero-order valence-electron chi connectivity index (χ0n) is 14.0. The fourth-order valence-corrected chi connectivity index (χ4v) is 3.36. The second kappa shape index (κ2) is 5.58. The highest BCUT2D eigenvalue weighted by Crippen LogP contribution is 2.45. The molecule has 130 valence electrons. The van der Waals surface area contributed by atoms with Crippen LogP contribution in [0.25, 0.3) is 0 Å². The van der Waals surface area contributed by atoms with Crippen LogP contribution in [-0.4, -0.2) is 29.4 Å². The van der Waals surface area contributed by atoms with Gasteiger partial charge in [0.25, 0.3) is 0 Å². The lowest BCUT2D eigenvalue weighted by Crippen LogP contribution is -2.30. The first-order valence-electron chi connectivity index (χ1n) is 8.08. The summed E-state index contributed by atoms with van der Waals surface area (Å²) in [6.45, 7) is 3.59. The highest BCUT2D eigenvalue weighted by molar-refractivity contribution is 6.05. The van der Waals surface area contributed by atoms with Gasteiger partial charge in [-0.2, -0.15) is 0 Å². The third-order valence-corrected chi connectivity index (χ3v) is 4.86. The van der Waals surface area contributed by atoms with Gasteiger partial charge in [-0.1, -0.05) is 6.07 Å². The molecular weight excluding hydrogens is 324 g/mol. The maximum Gasteiger partial charge on any atom is 0.230 e. The van der Waals surface area contributed by atoms with Gasteiger partial charge in [-0.15, -0.1) is 0 Å². The fourth-order valence-electron chi connectivity index (χ4n) is 3.36. The minimum atomic E-state index is -0.435. The van der Waals surface area contributed by atoms with E-state index in [4.69, 9.17) is 14.2 Å². The van der Waals surface area contributed by atoms with Crippen LogP contribution in [0.3, 0.4) is 0 Å². The highest BCUT2D eigenvalue weighted by Gasteiger charge is 2.35. The van der Waals surface area contributed by atoms with Crippen LogP contribution in [0, 0.1) is 19.8 Å². The van der Waals surface area contributed by atoms with Gasteiger partial charge in [0.2, 0.25) is 6.79 Å².